The topological polar surface area (TPSA) is 69.0 Å². The molecule has 0 aliphatic carbocycles. The first kappa shape index (κ1) is 13.2. The minimum Gasteiger partial charge on any atom is -0.383 e. The molecule has 2 aromatic rings. The summed E-state index contributed by atoms with van der Waals surface area (Å²) in [5.74, 6) is -1.20. The molecule has 7 heteroatoms. The van der Waals surface area contributed by atoms with Gasteiger partial charge in [0.2, 0.25) is 0 Å². The van der Waals surface area contributed by atoms with Crippen molar-refractivity contribution in [1.29, 1.82) is 0 Å². The SMILES string of the molecule is COCCn1cc(NC(=O)c2ccncc2F)cn1. The van der Waals surface area contributed by atoms with E-state index >= 15 is 0 Å². The molecule has 0 aliphatic rings. The Hall–Kier alpha value is -2.28. The monoisotopic (exact) mass is 264 g/mol. The molecule has 0 unspecified atom stereocenters. The zero-order valence-electron chi connectivity index (χ0n) is 10.3. The minimum atomic E-state index is -0.660. The Morgan fingerprint density at radius 1 is 1.53 bits per heavy atom. The molecule has 1 N–H and O–H groups in total. The van der Waals surface area contributed by atoms with Gasteiger partial charge in [0.25, 0.3) is 5.91 Å². The van der Waals surface area contributed by atoms with Crippen molar-refractivity contribution in [3.8, 4) is 0 Å². The number of carbonyl (C=O) groups is 1. The highest BCUT2D eigenvalue weighted by Gasteiger charge is 2.12. The van der Waals surface area contributed by atoms with Gasteiger partial charge in [-0.25, -0.2) is 4.39 Å². The van der Waals surface area contributed by atoms with Crippen LogP contribution >= 0.6 is 0 Å². The molecule has 0 saturated heterocycles. The molecule has 100 valence electrons. The van der Waals surface area contributed by atoms with E-state index in [4.69, 9.17) is 4.74 Å². The van der Waals surface area contributed by atoms with Crippen LogP contribution in [-0.4, -0.2) is 34.4 Å². The molecule has 0 bridgehead atoms. The number of pyridine rings is 1. The Bertz CT molecular complexity index is 570. The quantitative estimate of drug-likeness (QED) is 0.884. The fourth-order valence-electron chi connectivity index (χ4n) is 1.49. The van der Waals surface area contributed by atoms with E-state index in [0.29, 0.717) is 18.8 Å². The van der Waals surface area contributed by atoms with Crippen LogP contribution in [0.25, 0.3) is 0 Å². The van der Waals surface area contributed by atoms with Crippen molar-refractivity contribution >= 4 is 11.6 Å². The van der Waals surface area contributed by atoms with Gasteiger partial charge in [-0.15, -0.1) is 0 Å². The average molecular weight is 264 g/mol. The van der Waals surface area contributed by atoms with E-state index in [1.54, 1.807) is 18.0 Å². The predicted octanol–water partition coefficient (Wildman–Crippen LogP) is 1.32. The fourth-order valence-corrected chi connectivity index (χ4v) is 1.49. The third-order valence-electron chi connectivity index (χ3n) is 2.43. The Morgan fingerprint density at radius 2 is 2.37 bits per heavy atom. The molecule has 0 aromatic carbocycles. The second kappa shape index (κ2) is 6.05. The van der Waals surface area contributed by atoms with Gasteiger partial charge in [-0.05, 0) is 6.07 Å². The summed E-state index contributed by atoms with van der Waals surface area (Å²) in [6, 6.07) is 1.32. The summed E-state index contributed by atoms with van der Waals surface area (Å²) < 4.78 is 19.9. The summed E-state index contributed by atoms with van der Waals surface area (Å²) in [6.07, 6.45) is 5.50. The van der Waals surface area contributed by atoms with Crippen LogP contribution < -0.4 is 5.32 Å². The summed E-state index contributed by atoms with van der Waals surface area (Å²) in [4.78, 5) is 15.4. The molecule has 2 heterocycles. The van der Waals surface area contributed by atoms with Gasteiger partial charge in [0, 0.05) is 19.5 Å². The number of nitrogens with zero attached hydrogens (tertiary/aromatic N) is 3. The smallest absolute Gasteiger partial charge is 0.258 e. The highest BCUT2D eigenvalue weighted by molar-refractivity contribution is 6.04. The molecule has 19 heavy (non-hydrogen) atoms. The van der Waals surface area contributed by atoms with E-state index in [1.165, 1.54) is 18.5 Å². The summed E-state index contributed by atoms with van der Waals surface area (Å²) in [6.45, 7) is 1.10. The van der Waals surface area contributed by atoms with Crippen LogP contribution in [0.2, 0.25) is 0 Å². The predicted molar refractivity (Wildman–Crippen MR) is 66.3 cm³/mol. The van der Waals surface area contributed by atoms with Crippen molar-refractivity contribution in [1.82, 2.24) is 14.8 Å². The number of nitrogens with one attached hydrogen (secondary N) is 1. The first-order valence-electron chi connectivity index (χ1n) is 5.63. The zero-order valence-corrected chi connectivity index (χ0v) is 10.3. The Balaban J connectivity index is 2.03. The number of methoxy groups -OCH3 is 1. The second-order valence-electron chi connectivity index (χ2n) is 3.79. The lowest BCUT2D eigenvalue weighted by atomic mass is 10.2. The average Bonchev–Trinajstić information content (AvgIpc) is 2.84. The van der Waals surface area contributed by atoms with Gasteiger partial charge in [0.15, 0.2) is 5.82 Å². The van der Waals surface area contributed by atoms with Crippen molar-refractivity contribution < 1.29 is 13.9 Å². The Labute approximate surface area is 109 Å². The number of rotatable bonds is 5. The molecule has 2 rings (SSSR count). The van der Waals surface area contributed by atoms with Crippen LogP contribution in [0.15, 0.2) is 30.9 Å². The Morgan fingerprint density at radius 3 is 3.11 bits per heavy atom. The van der Waals surface area contributed by atoms with Gasteiger partial charge in [-0.1, -0.05) is 0 Å². The summed E-state index contributed by atoms with van der Waals surface area (Å²) in [5.41, 5.74) is 0.442. The van der Waals surface area contributed by atoms with Gasteiger partial charge in [-0.3, -0.25) is 14.5 Å². The lowest BCUT2D eigenvalue weighted by molar-refractivity contribution is 0.102. The van der Waals surface area contributed by atoms with Crippen molar-refractivity contribution in [2.75, 3.05) is 19.0 Å². The third kappa shape index (κ3) is 3.35. The molecule has 2 aromatic heterocycles. The molecule has 0 radical (unpaired) electrons. The van der Waals surface area contributed by atoms with Crippen LogP contribution in [0.1, 0.15) is 10.4 Å². The minimum absolute atomic E-state index is 0.0559. The van der Waals surface area contributed by atoms with Gasteiger partial charge in [0.1, 0.15) is 0 Å². The number of hydrogen-bond acceptors (Lipinski definition) is 4. The van der Waals surface area contributed by atoms with E-state index in [1.807, 2.05) is 0 Å². The third-order valence-corrected chi connectivity index (χ3v) is 2.43. The molecule has 0 fully saturated rings. The second-order valence-corrected chi connectivity index (χ2v) is 3.79. The first-order valence-corrected chi connectivity index (χ1v) is 5.63. The van der Waals surface area contributed by atoms with Crippen molar-refractivity contribution in [3.63, 3.8) is 0 Å². The Kier molecular flexibility index (Phi) is 4.19. The van der Waals surface area contributed by atoms with Gasteiger partial charge >= 0.3 is 0 Å². The van der Waals surface area contributed by atoms with Crippen LogP contribution in [0.5, 0.6) is 0 Å². The number of aromatic nitrogens is 3. The maximum Gasteiger partial charge on any atom is 0.258 e. The van der Waals surface area contributed by atoms with Crippen molar-refractivity contribution in [2.24, 2.45) is 0 Å². The molecule has 0 aliphatic heterocycles. The molecule has 0 spiro atoms. The summed E-state index contributed by atoms with van der Waals surface area (Å²) in [5, 5.41) is 6.60. The highest BCUT2D eigenvalue weighted by atomic mass is 19.1. The van der Waals surface area contributed by atoms with Gasteiger partial charge in [-0.2, -0.15) is 5.10 Å². The number of carbonyl (C=O) groups excluding carboxylic acids is 1. The number of halogens is 1. The molecule has 6 nitrogen and oxygen atoms in total. The maximum atomic E-state index is 13.4. The molecule has 0 saturated carbocycles. The number of hydrogen-bond donors (Lipinski definition) is 1. The fraction of sp³-hybridized carbons (Fsp3) is 0.250. The summed E-state index contributed by atoms with van der Waals surface area (Å²) >= 11 is 0. The zero-order chi connectivity index (χ0) is 13.7. The van der Waals surface area contributed by atoms with Crippen LogP contribution in [-0.2, 0) is 11.3 Å². The molecular weight excluding hydrogens is 251 g/mol. The largest absolute Gasteiger partial charge is 0.383 e. The lowest BCUT2D eigenvalue weighted by Gasteiger charge is -2.03. The number of amides is 1. The van der Waals surface area contributed by atoms with E-state index in [9.17, 15) is 9.18 Å². The lowest BCUT2D eigenvalue weighted by Crippen LogP contribution is -2.13. The standard InChI is InChI=1S/C12H13FN4O2/c1-19-5-4-17-8-9(6-15-17)16-12(18)10-2-3-14-7-11(10)13/h2-3,6-8H,4-5H2,1H3,(H,16,18). The first-order chi connectivity index (χ1) is 9.20. The summed E-state index contributed by atoms with van der Waals surface area (Å²) in [7, 11) is 1.60. The molecule has 1 amide bonds. The van der Waals surface area contributed by atoms with Gasteiger partial charge < -0.3 is 10.1 Å². The molecular formula is C12H13FN4O2. The van der Waals surface area contributed by atoms with Crippen LogP contribution in [0.4, 0.5) is 10.1 Å². The molecule has 0 atom stereocenters. The van der Waals surface area contributed by atoms with Gasteiger partial charge in [0.05, 0.1) is 36.8 Å². The van der Waals surface area contributed by atoms with E-state index < -0.39 is 11.7 Å². The maximum absolute atomic E-state index is 13.4. The van der Waals surface area contributed by atoms with E-state index in [-0.39, 0.29) is 5.56 Å². The number of anilines is 1. The van der Waals surface area contributed by atoms with Crippen molar-refractivity contribution in [2.45, 2.75) is 6.54 Å². The number of ether oxygens (including phenoxy) is 1. The van der Waals surface area contributed by atoms with Crippen LogP contribution in [0.3, 0.4) is 0 Å². The van der Waals surface area contributed by atoms with E-state index in [0.717, 1.165) is 6.20 Å². The van der Waals surface area contributed by atoms with Crippen LogP contribution in [0, 0.1) is 5.82 Å². The highest BCUT2D eigenvalue weighted by Crippen LogP contribution is 2.10. The normalized spacial score (nSPS) is 10.4. The van der Waals surface area contributed by atoms with E-state index in [2.05, 4.69) is 15.4 Å². The van der Waals surface area contributed by atoms with Crippen molar-refractivity contribution in [3.05, 3.63) is 42.2 Å².